The Morgan fingerprint density at radius 1 is 0.938 bits per heavy atom. The molecule has 0 spiro atoms. The lowest BCUT2D eigenvalue weighted by atomic mass is 9.90. The molecule has 1 N–H and O–H groups in total. The van der Waals surface area contributed by atoms with Crippen LogP contribution < -0.4 is 5.43 Å². The molecule has 166 valence electrons. The van der Waals surface area contributed by atoms with Crippen LogP contribution in [-0.2, 0) is 32.2 Å². The summed E-state index contributed by atoms with van der Waals surface area (Å²) in [4.78, 5) is 35.8. The van der Waals surface area contributed by atoms with Gasteiger partial charge >= 0.3 is 11.9 Å². The van der Waals surface area contributed by atoms with Gasteiger partial charge in [-0.2, -0.15) is 0 Å². The van der Waals surface area contributed by atoms with Crippen molar-refractivity contribution in [3.05, 3.63) is 107 Å². The largest absolute Gasteiger partial charge is 0.481 e. The molecular weight excluding hydrogens is 410 g/mol. The Hall–Kier alpha value is -3.71. The van der Waals surface area contributed by atoms with Crippen LogP contribution in [0.4, 0.5) is 0 Å². The third-order valence-electron chi connectivity index (χ3n) is 4.99. The van der Waals surface area contributed by atoms with Crippen molar-refractivity contribution < 1.29 is 24.2 Å². The highest BCUT2D eigenvalue weighted by Crippen LogP contribution is 2.32. The molecule has 3 aromatic rings. The Morgan fingerprint density at radius 3 is 2.09 bits per heavy atom. The molecule has 1 aromatic heterocycles. The lowest BCUT2D eigenvalue weighted by Crippen LogP contribution is -2.39. The summed E-state index contributed by atoms with van der Waals surface area (Å²) in [6, 6.07) is 20.9. The molecule has 0 radical (unpaired) electrons. The van der Waals surface area contributed by atoms with Gasteiger partial charge in [0, 0.05) is 38.0 Å². The quantitative estimate of drug-likeness (QED) is 0.490. The summed E-state index contributed by atoms with van der Waals surface area (Å²) in [6.45, 7) is 1.57. The van der Waals surface area contributed by atoms with Gasteiger partial charge in [0.2, 0.25) is 0 Å². The number of carbonyl (C=O) groups excluding carboxylic acids is 1. The Bertz CT molecular complexity index is 1060. The number of hydrogen-bond acceptors (Lipinski definition) is 5. The molecule has 2 aromatic carbocycles. The maximum Gasteiger partial charge on any atom is 0.313 e. The van der Waals surface area contributed by atoms with E-state index < -0.39 is 30.1 Å². The molecule has 7 heteroatoms. The van der Waals surface area contributed by atoms with Gasteiger partial charge in [0.05, 0.1) is 12.7 Å². The second kappa shape index (κ2) is 11.1. The third kappa shape index (κ3) is 6.39. The van der Waals surface area contributed by atoms with Crippen molar-refractivity contribution in [3.8, 4) is 0 Å². The summed E-state index contributed by atoms with van der Waals surface area (Å²) in [6.07, 6.45) is 1.23. The average molecular weight is 435 g/mol. The number of aliphatic carboxylic acids is 1. The van der Waals surface area contributed by atoms with Crippen molar-refractivity contribution in [2.75, 3.05) is 0 Å². The Balaban J connectivity index is 1.97. The zero-order chi connectivity index (χ0) is 22.9. The Kier molecular flexibility index (Phi) is 7.94. The number of rotatable bonds is 10. The van der Waals surface area contributed by atoms with Gasteiger partial charge in [-0.3, -0.25) is 14.4 Å². The minimum absolute atomic E-state index is 0.147. The monoisotopic (exact) mass is 435 g/mol. The van der Waals surface area contributed by atoms with Gasteiger partial charge in [-0.05, 0) is 11.1 Å². The number of esters is 1. The molecule has 0 amide bonds. The number of carboxylic acids is 1. The van der Waals surface area contributed by atoms with Crippen molar-refractivity contribution in [1.29, 1.82) is 0 Å². The topological polar surface area (TPSA) is 94.8 Å². The summed E-state index contributed by atoms with van der Waals surface area (Å²) in [7, 11) is 0. The van der Waals surface area contributed by atoms with E-state index >= 15 is 0 Å². The number of nitrogens with zero attached hydrogens (tertiary/aromatic N) is 1. The van der Waals surface area contributed by atoms with Crippen LogP contribution in [0.1, 0.15) is 24.2 Å². The second-order valence-electron chi connectivity index (χ2n) is 7.37. The van der Waals surface area contributed by atoms with Crippen LogP contribution >= 0.6 is 0 Å². The maximum absolute atomic E-state index is 12.5. The number of ether oxygens (including phenoxy) is 2. The summed E-state index contributed by atoms with van der Waals surface area (Å²) >= 11 is 0. The molecule has 0 bridgehead atoms. The zero-order valence-corrected chi connectivity index (χ0v) is 17.7. The van der Waals surface area contributed by atoms with Gasteiger partial charge in [0.1, 0.15) is 12.0 Å². The highest BCUT2D eigenvalue weighted by Gasteiger charge is 2.39. The molecule has 3 unspecified atom stereocenters. The predicted octanol–water partition coefficient (Wildman–Crippen LogP) is 3.44. The van der Waals surface area contributed by atoms with E-state index in [-0.39, 0.29) is 18.6 Å². The van der Waals surface area contributed by atoms with E-state index in [9.17, 15) is 19.5 Å². The zero-order valence-electron chi connectivity index (χ0n) is 17.7. The lowest BCUT2D eigenvalue weighted by Gasteiger charge is -2.31. The van der Waals surface area contributed by atoms with Crippen LogP contribution in [0.3, 0.4) is 0 Å². The first-order valence-electron chi connectivity index (χ1n) is 10.2. The predicted molar refractivity (Wildman–Crippen MR) is 118 cm³/mol. The summed E-state index contributed by atoms with van der Waals surface area (Å²) in [5.74, 6) is -2.93. The van der Waals surface area contributed by atoms with Crippen LogP contribution in [-0.4, -0.2) is 27.7 Å². The standard InChI is InChI=1S/C25H25NO6/c1-18(27)32-24(20-10-6-3-7-11-20)23(25(29)30)22(16-26-14-12-21(28)13-15-26)31-17-19-8-4-2-5-9-19/h2-15,22-24H,16-17H2,1H3,(H,29,30). The van der Waals surface area contributed by atoms with E-state index in [0.717, 1.165) is 5.56 Å². The normalized spacial score (nSPS) is 13.7. The fourth-order valence-electron chi connectivity index (χ4n) is 3.47. The molecule has 0 saturated carbocycles. The molecule has 32 heavy (non-hydrogen) atoms. The highest BCUT2D eigenvalue weighted by molar-refractivity contribution is 5.73. The van der Waals surface area contributed by atoms with Crippen molar-refractivity contribution in [2.45, 2.75) is 32.3 Å². The number of carboxylic acid groups (broad SMARTS) is 1. The average Bonchev–Trinajstić information content (AvgIpc) is 2.79. The Labute approximate surface area is 185 Å². The van der Waals surface area contributed by atoms with E-state index in [4.69, 9.17) is 9.47 Å². The van der Waals surface area contributed by atoms with E-state index in [1.807, 2.05) is 30.3 Å². The van der Waals surface area contributed by atoms with Crippen LogP contribution in [0.5, 0.6) is 0 Å². The summed E-state index contributed by atoms with van der Waals surface area (Å²) < 4.78 is 13.3. The SMILES string of the molecule is CC(=O)OC(c1ccccc1)C(C(=O)O)C(Cn1ccc(=O)cc1)OCc1ccccc1. The molecule has 0 aliphatic heterocycles. The molecule has 3 rings (SSSR count). The molecule has 0 aliphatic carbocycles. The molecule has 1 heterocycles. The van der Waals surface area contributed by atoms with Crippen molar-refractivity contribution in [3.63, 3.8) is 0 Å². The van der Waals surface area contributed by atoms with Crippen molar-refractivity contribution in [2.24, 2.45) is 5.92 Å². The summed E-state index contributed by atoms with van der Waals surface area (Å²) in [5, 5.41) is 10.2. The smallest absolute Gasteiger partial charge is 0.313 e. The summed E-state index contributed by atoms with van der Waals surface area (Å²) in [5.41, 5.74) is 1.29. The minimum Gasteiger partial charge on any atom is -0.481 e. The van der Waals surface area contributed by atoms with Crippen LogP contribution in [0, 0.1) is 5.92 Å². The fourth-order valence-corrected chi connectivity index (χ4v) is 3.47. The molecule has 0 saturated heterocycles. The molecule has 3 atom stereocenters. The lowest BCUT2D eigenvalue weighted by molar-refractivity contribution is -0.167. The molecule has 7 nitrogen and oxygen atoms in total. The highest BCUT2D eigenvalue weighted by atomic mass is 16.5. The van der Waals surface area contributed by atoms with Gasteiger partial charge in [0.15, 0.2) is 5.43 Å². The number of pyridine rings is 1. The van der Waals surface area contributed by atoms with E-state index in [1.165, 1.54) is 19.1 Å². The number of hydrogen-bond donors (Lipinski definition) is 1. The fraction of sp³-hybridized carbons (Fsp3) is 0.240. The van der Waals surface area contributed by atoms with Crippen molar-refractivity contribution in [1.82, 2.24) is 4.57 Å². The first kappa shape index (κ1) is 23.0. The van der Waals surface area contributed by atoms with E-state index in [2.05, 4.69) is 0 Å². The number of aromatic nitrogens is 1. The molecular formula is C25H25NO6. The van der Waals surface area contributed by atoms with Gasteiger partial charge in [-0.15, -0.1) is 0 Å². The number of carbonyl (C=O) groups is 2. The molecule has 0 aliphatic rings. The van der Waals surface area contributed by atoms with Gasteiger partial charge in [0.25, 0.3) is 0 Å². The van der Waals surface area contributed by atoms with Gasteiger partial charge < -0.3 is 19.1 Å². The number of benzene rings is 2. The molecule has 0 fully saturated rings. The van der Waals surface area contributed by atoms with E-state index in [0.29, 0.717) is 5.56 Å². The van der Waals surface area contributed by atoms with Crippen LogP contribution in [0.15, 0.2) is 90.0 Å². The Morgan fingerprint density at radius 2 is 1.53 bits per heavy atom. The van der Waals surface area contributed by atoms with Crippen LogP contribution in [0.2, 0.25) is 0 Å². The first-order chi connectivity index (χ1) is 15.4. The van der Waals surface area contributed by atoms with Gasteiger partial charge in [-0.1, -0.05) is 60.7 Å². The third-order valence-corrected chi connectivity index (χ3v) is 4.99. The minimum atomic E-state index is -1.19. The van der Waals surface area contributed by atoms with Crippen molar-refractivity contribution >= 4 is 11.9 Å². The maximum atomic E-state index is 12.5. The van der Waals surface area contributed by atoms with Gasteiger partial charge in [-0.25, -0.2) is 0 Å². The second-order valence-corrected chi connectivity index (χ2v) is 7.37. The van der Waals surface area contributed by atoms with Crippen LogP contribution in [0.25, 0.3) is 0 Å². The first-order valence-corrected chi connectivity index (χ1v) is 10.2. The van der Waals surface area contributed by atoms with E-state index in [1.54, 1.807) is 47.3 Å².